The molecule has 0 saturated carbocycles. The zero-order chi connectivity index (χ0) is 19.2. The second kappa shape index (κ2) is 9.21. The molecule has 2 atom stereocenters. The van der Waals surface area contributed by atoms with Gasteiger partial charge in [-0.25, -0.2) is 9.98 Å². The number of nitrogens with zero attached hydrogens (tertiary/aromatic N) is 3. The number of hydrogen-bond acceptors (Lipinski definition) is 5. The number of ether oxygens (including phenoxy) is 2. The van der Waals surface area contributed by atoms with Gasteiger partial charge in [-0.05, 0) is 31.9 Å². The third kappa shape index (κ3) is 4.54. The summed E-state index contributed by atoms with van der Waals surface area (Å²) in [7, 11) is 0. The van der Waals surface area contributed by atoms with Gasteiger partial charge in [-0.15, -0.1) is 0 Å². The van der Waals surface area contributed by atoms with E-state index in [0.717, 1.165) is 56.3 Å². The van der Waals surface area contributed by atoms with E-state index in [0.29, 0.717) is 19.0 Å². The maximum absolute atomic E-state index is 5.96. The maximum atomic E-state index is 5.96. The fraction of sp³-hybridized carbons (Fsp3) is 0.524. The molecular weight excluding hydrogens is 356 g/mol. The summed E-state index contributed by atoms with van der Waals surface area (Å²) in [6, 6.07) is 9.91. The molecule has 0 bridgehead atoms. The molecule has 1 N–H and O–H groups in total. The highest BCUT2D eigenvalue weighted by atomic mass is 16.5. The van der Waals surface area contributed by atoms with Gasteiger partial charge < -0.3 is 24.1 Å². The quantitative estimate of drug-likeness (QED) is 0.631. The van der Waals surface area contributed by atoms with Gasteiger partial charge in [0.25, 0.3) is 0 Å². The summed E-state index contributed by atoms with van der Waals surface area (Å²) >= 11 is 0. The van der Waals surface area contributed by atoms with Crippen molar-refractivity contribution in [1.82, 2.24) is 15.2 Å². The van der Waals surface area contributed by atoms with Crippen LogP contribution in [0.25, 0.3) is 11.5 Å². The lowest BCUT2D eigenvalue weighted by Gasteiger charge is -2.37. The SMILES string of the molecule is CCNC(=NCc1coc(-c2ccccc2)n1)N1CCOC(C2CCCO2)C1. The molecule has 4 rings (SSSR count). The molecule has 2 fully saturated rings. The second-order valence-corrected chi connectivity index (χ2v) is 7.09. The third-order valence-corrected chi connectivity index (χ3v) is 5.07. The van der Waals surface area contributed by atoms with Crippen molar-refractivity contribution in [2.45, 2.75) is 38.5 Å². The zero-order valence-electron chi connectivity index (χ0n) is 16.3. The number of oxazole rings is 1. The molecule has 2 aromatic rings. The van der Waals surface area contributed by atoms with E-state index in [9.17, 15) is 0 Å². The first kappa shape index (κ1) is 19.0. The summed E-state index contributed by atoms with van der Waals surface area (Å²) < 4.78 is 17.4. The van der Waals surface area contributed by atoms with Crippen LogP contribution in [-0.2, 0) is 16.0 Å². The van der Waals surface area contributed by atoms with E-state index in [2.05, 4.69) is 22.1 Å². The van der Waals surface area contributed by atoms with Crippen LogP contribution in [0.1, 0.15) is 25.5 Å². The van der Waals surface area contributed by atoms with Gasteiger partial charge in [0.15, 0.2) is 5.96 Å². The van der Waals surface area contributed by atoms with Gasteiger partial charge in [0.2, 0.25) is 5.89 Å². The average molecular weight is 384 g/mol. The van der Waals surface area contributed by atoms with E-state index in [4.69, 9.17) is 18.9 Å². The monoisotopic (exact) mass is 384 g/mol. The van der Waals surface area contributed by atoms with E-state index in [1.54, 1.807) is 6.26 Å². The molecule has 7 heteroatoms. The molecular formula is C21H28N4O3. The first-order chi connectivity index (χ1) is 13.8. The Bertz CT molecular complexity index is 771. The summed E-state index contributed by atoms with van der Waals surface area (Å²) in [5.74, 6) is 1.51. The van der Waals surface area contributed by atoms with Gasteiger partial charge in [-0.1, -0.05) is 18.2 Å². The fourth-order valence-electron chi connectivity index (χ4n) is 3.66. The third-order valence-electron chi connectivity index (χ3n) is 5.07. The van der Waals surface area contributed by atoms with Crippen LogP contribution >= 0.6 is 0 Å². The lowest BCUT2D eigenvalue weighted by molar-refractivity contribution is -0.0817. The Morgan fingerprint density at radius 3 is 2.86 bits per heavy atom. The first-order valence-electron chi connectivity index (χ1n) is 10.1. The molecule has 0 amide bonds. The van der Waals surface area contributed by atoms with Gasteiger partial charge >= 0.3 is 0 Å². The normalized spacial score (nSPS) is 23.2. The minimum absolute atomic E-state index is 0.108. The Morgan fingerprint density at radius 1 is 1.21 bits per heavy atom. The van der Waals surface area contributed by atoms with E-state index >= 15 is 0 Å². The molecule has 28 heavy (non-hydrogen) atoms. The predicted octanol–water partition coefficient (Wildman–Crippen LogP) is 2.69. The highest BCUT2D eigenvalue weighted by Gasteiger charge is 2.32. The molecule has 1 aromatic carbocycles. The van der Waals surface area contributed by atoms with E-state index < -0.39 is 0 Å². The molecule has 2 aliphatic rings. The molecule has 150 valence electrons. The molecule has 1 aromatic heterocycles. The molecule has 3 heterocycles. The maximum Gasteiger partial charge on any atom is 0.226 e. The lowest BCUT2D eigenvalue weighted by Crippen LogP contribution is -2.53. The Hall–Kier alpha value is -2.38. The van der Waals surface area contributed by atoms with Crippen molar-refractivity contribution in [3.05, 3.63) is 42.3 Å². The summed E-state index contributed by atoms with van der Waals surface area (Å²) in [6.07, 6.45) is 4.19. The van der Waals surface area contributed by atoms with Crippen LogP contribution < -0.4 is 5.32 Å². The van der Waals surface area contributed by atoms with Gasteiger partial charge in [-0.2, -0.15) is 0 Å². The first-order valence-corrected chi connectivity index (χ1v) is 10.1. The minimum atomic E-state index is 0.108. The molecule has 0 spiro atoms. The van der Waals surface area contributed by atoms with Gasteiger partial charge in [0.05, 0.1) is 19.3 Å². The van der Waals surface area contributed by atoms with E-state index in [1.165, 1.54) is 0 Å². The molecule has 0 radical (unpaired) electrons. The van der Waals surface area contributed by atoms with Crippen molar-refractivity contribution in [2.75, 3.05) is 32.8 Å². The van der Waals surface area contributed by atoms with Crippen molar-refractivity contribution in [3.8, 4) is 11.5 Å². The van der Waals surface area contributed by atoms with Crippen molar-refractivity contribution >= 4 is 5.96 Å². The van der Waals surface area contributed by atoms with Crippen LogP contribution in [-0.4, -0.2) is 60.9 Å². The topological polar surface area (TPSA) is 72.1 Å². The molecule has 0 aliphatic carbocycles. The smallest absolute Gasteiger partial charge is 0.226 e. The number of aromatic nitrogens is 1. The lowest BCUT2D eigenvalue weighted by atomic mass is 10.1. The van der Waals surface area contributed by atoms with E-state index in [-0.39, 0.29) is 12.2 Å². The van der Waals surface area contributed by atoms with Crippen LogP contribution in [0.4, 0.5) is 0 Å². The average Bonchev–Trinajstić information content (AvgIpc) is 3.44. The standard InChI is InChI=1S/C21H28N4O3/c1-2-22-21(25-10-12-27-19(14-25)18-9-6-11-26-18)23-13-17-15-28-20(24-17)16-7-4-3-5-8-16/h3-5,7-8,15,18-19H,2,6,9-14H2,1H3,(H,22,23). The van der Waals surface area contributed by atoms with Gasteiger partial charge in [0.1, 0.15) is 18.1 Å². The highest BCUT2D eigenvalue weighted by Crippen LogP contribution is 2.21. The van der Waals surface area contributed by atoms with Crippen LogP contribution in [0, 0.1) is 0 Å². The number of guanidine groups is 1. The van der Waals surface area contributed by atoms with Crippen molar-refractivity contribution in [2.24, 2.45) is 4.99 Å². The number of rotatable bonds is 5. The van der Waals surface area contributed by atoms with Crippen LogP contribution in [0.15, 0.2) is 46.0 Å². The largest absolute Gasteiger partial charge is 0.444 e. The predicted molar refractivity (Wildman–Crippen MR) is 107 cm³/mol. The number of morpholine rings is 1. The van der Waals surface area contributed by atoms with Crippen molar-refractivity contribution in [1.29, 1.82) is 0 Å². The summed E-state index contributed by atoms with van der Waals surface area (Å²) in [4.78, 5) is 11.6. The Kier molecular flexibility index (Phi) is 6.24. The summed E-state index contributed by atoms with van der Waals surface area (Å²) in [5.41, 5.74) is 1.79. The number of benzene rings is 1. The minimum Gasteiger partial charge on any atom is -0.444 e. The highest BCUT2D eigenvalue weighted by molar-refractivity contribution is 5.80. The zero-order valence-corrected chi connectivity index (χ0v) is 16.3. The molecule has 2 unspecified atom stereocenters. The molecule has 2 saturated heterocycles. The second-order valence-electron chi connectivity index (χ2n) is 7.09. The van der Waals surface area contributed by atoms with Crippen molar-refractivity contribution in [3.63, 3.8) is 0 Å². The summed E-state index contributed by atoms with van der Waals surface area (Å²) in [5, 5.41) is 3.39. The van der Waals surface area contributed by atoms with Crippen LogP contribution in [0.3, 0.4) is 0 Å². The molecule has 7 nitrogen and oxygen atoms in total. The van der Waals surface area contributed by atoms with Gasteiger partial charge in [-0.3, -0.25) is 0 Å². The van der Waals surface area contributed by atoms with Gasteiger partial charge in [0, 0.05) is 31.8 Å². The van der Waals surface area contributed by atoms with Crippen molar-refractivity contribution < 1.29 is 13.9 Å². The number of nitrogens with one attached hydrogen (secondary N) is 1. The van der Waals surface area contributed by atoms with E-state index in [1.807, 2.05) is 30.3 Å². The Balaban J connectivity index is 1.42. The summed E-state index contributed by atoms with van der Waals surface area (Å²) in [6.45, 7) is 6.52. The van der Waals surface area contributed by atoms with Crippen LogP contribution in [0.2, 0.25) is 0 Å². The number of hydrogen-bond donors (Lipinski definition) is 1. The molecule has 2 aliphatic heterocycles. The van der Waals surface area contributed by atoms with Crippen LogP contribution in [0.5, 0.6) is 0 Å². The number of aliphatic imine (C=N–C) groups is 1. The fourth-order valence-corrected chi connectivity index (χ4v) is 3.66. The Morgan fingerprint density at radius 2 is 2.07 bits per heavy atom. The Labute approximate surface area is 165 Å².